The van der Waals surface area contributed by atoms with E-state index < -0.39 is 0 Å². The number of hydrogen-bond donors (Lipinski definition) is 0. The molecular formula is C11H13NO3. The van der Waals surface area contributed by atoms with Crippen LogP contribution in [0.4, 0.5) is 0 Å². The summed E-state index contributed by atoms with van der Waals surface area (Å²) < 4.78 is 0. The standard InChI is InChI=1S/C11H13NO3/c1-9(8-13)11(7-12(14)15)10-5-3-2-4-6-10/h2-6,8-9,11H,7H2,1H3/t9-,11+/m1/s1. The lowest BCUT2D eigenvalue weighted by Gasteiger charge is -2.15. The van der Waals surface area contributed by atoms with Crippen LogP contribution in [0.1, 0.15) is 18.4 Å². The van der Waals surface area contributed by atoms with Gasteiger partial charge in [0.15, 0.2) is 0 Å². The highest BCUT2D eigenvalue weighted by Gasteiger charge is 2.23. The Kier molecular flexibility index (Phi) is 3.97. The second-order valence-corrected chi connectivity index (χ2v) is 3.53. The van der Waals surface area contributed by atoms with Crippen LogP contribution in [-0.2, 0) is 4.79 Å². The van der Waals surface area contributed by atoms with Crippen molar-refractivity contribution in [1.82, 2.24) is 0 Å². The molecule has 2 atom stereocenters. The highest BCUT2D eigenvalue weighted by Crippen LogP contribution is 2.23. The van der Waals surface area contributed by atoms with E-state index in [0.717, 1.165) is 11.8 Å². The van der Waals surface area contributed by atoms with Gasteiger partial charge in [-0.3, -0.25) is 10.1 Å². The van der Waals surface area contributed by atoms with Crippen LogP contribution in [0.5, 0.6) is 0 Å². The lowest BCUT2D eigenvalue weighted by atomic mass is 9.88. The Bertz CT molecular complexity index is 337. The SMILES string of the molecule is C[C@H](C=O)[C@H](C[N+](=O)[O-])c1ccccc1. The molecule has 0 saturated heterocycles. The predicted molar refractivity (Wildman–Crippen MR) is 56.3 cm³/mol. The van der Waals surface area contributed by atoms with E-state index in [1.54, 1.807) is 6.92 Å². The van der Waals surface area contributed by atoms with Crippen molar-refractivity contribution in [2.24, 2.45) is 5.92 Å². The van der Waals surface area contributed by atoms with Crippen LogP contribution in [0, 0.1) is 16.0 Å². The quantitative estimate of drug-likeness (QED) is 0.420. The molecule has 0 aromatic heterocycles. The Balaban J connectivity index is 2.90. The van der Waals surface area contributed by atoms with E-state index in [0.29, 0.717) is 0 Å². The zero-order valence-electron chi connectivity index (χ0n) is 8.50. The maximum absolute atomic E-state index is 10.7. The van der Waals surface area contributed by atoms with E-state index >= 15 is 0 Å². The fourth-order valence-corrected chi connectivity index (χ4v) is 1.53. The molecule has 1 aromatic carbocycles. The molecule has 0 unspecified atom stereocenters. The second kappa shape index (κ2) is 5.24. The summed E-state index contributed by atoms with van der Waals surface area (Å²) in [6.07, 6.45) is 0.765. The van der Waals surface area contributed by atoms with Gasteiger partial charge in [0.25, 0.3) is 0 Å². The molecule has 0 fully saturated rings. The van der Waals surface area contributed by atoms with E-state index in [4.69, 9.17) is 0 Å². The molecule has 0 radical (unpaired) electrons. The molecule has 0 aliphatic rings. The normalized spacial score (nSPS) is 14.2. The van der Waals surface area contributed by atoms with Gasteiger partial charge in [0.1, 0.15) is 6.29 Å². The van der Waals surface area contributed by atoms with Crippen LogP contribution in [0.15, 0.2) is 30.3 Å². The molecule has 4 nitrogen and oxygen atoms in total. The summed E-state index contributed by atoms with van der Waals surface area (Å²) in [4.78, 5) is 20.8. The van der Waals surface area contributed by atoms with E-state index in [2.05, 4.69) is 0 Å². The first-order chi connectivity index (χ1) is 7.15. The maximum atomic E-state index is 10.7. The summed E-state index contributed by atoms with van der Waals surface area (Å²) in [7, 11) is 0. The largest absolute Gasteiger partial charge is 0.303 e. The summed E-state index contributed by atoms with van der Waals surface area (Å²) in [5.74, 6) is -0.670. The summed E-state index contributed by atoms with van der Waals surface area (Å²) in [6.45, 7) is 1.50. The molecule has 0 heterocycles. The fourth-order valence-electron chi connectivity index (χ4n) is 1.53. The van der Waals surface area contributed by atoms with Gasteiger partial charge < -0.3 is 4.79 Å². The third kappa shape index (κ3) is 3.16. The van der Waals surface area contributed by atoms with E-state index in [9.17, 15) is 14.9 Å². The number of carbonyl (C=O) groups excluding carboxylic acids is 1. The van der Waals surface area contributed by atoms with Gasteiger partial charge in [-0.1, -0.05) is 37.3 Å². The number of hydrogen-bond acceptors (Lipinski definition) is 3. The van der Waals surface area contributed by atoms with Crippen molar-refractivity contribution < 1.29 is 9.72 Å². The summed E-state index contributed by atoms with van der Waals surface area (Å²) in [5, 5.41) is 10.5. The van der Waals surface area contributed by atoms with Gasteiger partial charge >= 0.3 is 0 Å². The first-order valence-corrected chi connectivity index (χ1v) is 4.77. The minimum absolute atomic E-state index is 0.204. The van der Waals surface area contributed by atoms with E-state index in [1.807, 2.05) is 30.3 Å². The molecule has 1 rings (SSSR count). The molecule has 80 valence electrons. The molecule has 0 spiro atoms. The molecule has 0 amide bonds. The molecule has 0 N–H and O–H groups in total. The molecule has 0 aliphatic heterocycles. The minimum Gasteiger partial charge on any atom is -0.303 e. The highest BCUT2D eigenvalue weighted by molar-refractivity contribution is 5.55. The number of nitro groups is 1. The van der Waals surface area contributed by atoms with Crippen molar-refractivity contribution in [2.45, 2.75) is 12.8 Å². The van der Waals surface area contributed by atoms with Gasteiger partial charge in [0, 0.05) is 10.8 Å². The van der Waals surface area contributed by atoms with Gasteiger partial charge in [0.2, 0.25) is 6.54 Å². The zero-order chi connectivity index (χ0) is 11.3. The molecule has 0 bridgehead atoms. The van der Waals surface area contributed by atoms with Gasteiger partial charge in [-0.05, 0) is 5.56 Å². The third-order valence-electron chi connectivity index (χ3n) is 2.42. The van der Waals surface area contributed by atoms with Gasteiger partial charge in [-0.25, -0.2) is 0 Å². The first kappa shape index (κ1) is 11.4. The lowest BCUT2D eigenvalue weighted by Crippen LogP contribution is -2.20. The smallest absolute Gasteiger partial charge is 0.211 e. The van der Waals surface area contributed by atoms with Crippen molar-refractivity contribution in [3.8, 4) is 0 Å². The average molecular weight is 207 g/mol. The monoisotopic (exact) mass is 207 g/mol. The lowest BCUT2D eigenvalue weighted by molar-refractivity contribution is -0.484. The third-order valence-corrected chi connectivity index (χ3v) is 2.42. The Labute approximate surface area is 88.1 Å². The van der Waals surface area contributed by atoms with Crippen LogP contribution in [0.25, 0.3) is 0 Å². The summed E-state index contributed by atoms with van der Waals surface area (Å²) in [5.41, 5.74) is 0.841. The van der Waals surface area contributed by atoms with Crippen molar-refractivity contribution in [2.75, 3.05) is 6.54 Å². The van der Waals surface area contributed by atoms with Crippen LogP contribution in [0.3, 0.4) is 0 Å². The van der Waals surface area contributed by atoms with Crippen LogP contribution < -0.4 is 0 Å². The Morgan fingerprint density at radius 2 is 2.00 bits per heavy atom. The minimum atomic E-state index is -0.377. The van der Waals surface area contributed by atoms with Gasteiger partial charge in [-0.2, -0.15) is 0 Å². The van der Waals surface area contributed by atoms with Gasteiger partial charge in [-0.15, -0.1) is 0 Å². The van der Waals surface area contributed by atoms with Crippen molar-refractivity contribution >= 4 is 6.29 Å². The Morgan fingerprint density at radius 3 is 2.47 bits per heavy atom. The molecule has 1 aromatic rings. The maximum Gasteiger partial charge on any atom is 0.211 e. The summed E-state index contributed by atoms with van der Waals surface area (Å²) >= 11 is 0. The van der Waals surface area contributed by atoms with Crippen LogP contribution in [0.2, 0.25) is 0 Å². The second-order valence-electron chi connectivity index (χ2n) is 3.53. The predicted octanol–water partition coefficient (Wildman–Crippen LogP) is 1.88. The topological polar surface area (TPSA) is 60.2 Å². The van der Waals surface area contributed by atoms with Crippen molar-refractivity contribution in [1.29, 1.82) is 0 Å². The average Bonchev–Trinajstić information content (AvgIpc) is 2.26. The number of benzene rings is 1. The number of aldehydes is 1. The van der Waals surface area contributed by atoms with E-state index in [-0.39, 0.29) is 23.3 Å². The molecule has 15 heavy (non-hydrogen) atoms. The Morgan fingerprint density at radius 1 is 1.40 bits per heavy atom. The van der Waals surface area contributed by atoms with E-state index in [1.165, 1.54) is 0 Å². The zero-order valence-corrected chi connectivity index (χ0v) is 8.50. The fraction of sp³-hybridized carbons (Fsp3) is 0.364. The molecular weight excluding hydrogens is 194 g/mol. The van der Waals surface area contributed by atoms with Crippen molar-refractivity contribution in [3.63, 3.8) is 0 Å². The van der Waals surface area contributed by atoms with Crippen molar-refractivity contribution in [3.05, 3.63) is 46.0 Å². The number of carbonyl (C=O) groups is 1. The number of rotatable bonds is 5. The first-order valence-electron chi connectivity index (χ1n) is 4.77. The highest BCUT2D eigenvalue weighted by atomic mass is 16.6. The Hall–Kier alpha value is -1.71. The van der Waals surface area contributed by atoms with Crippen LogP contribution >= 0.6 is 0 Å². The molecule has 0 saturated carbocycles. The van der Waals surface area contributed by atoms with Gasteiger partial charge in [0.05, 0.1) is 5.92 Å². The summed E-state index contributed by atoms with van der Waals surface area (Å²) in [6, 6.07) is 9.11. The molecule has 0 aliphatic carbocycles. The molecule has 4 heteroatoms. The number of nitrogens with zero attached hydrogens (tertiary/aromatic N) is 1. The van der Waals surface area contributed by atoms with Crippen LogP contribution in [-0.4, -0.2) is 17.8 Å².